The summed E-state index contributed by atoms with van der Waals surface area (Å²) in [6.45, 7) is 1.00. The van der Waals surface area contributed by atoms with E-state index in [2.05, 4.69) is 5.32 Å². The highest BCUT2D eigenvalue weighted by Crippen LogP contribution is 2.31. The van der Waals surface area contributed by atoms with E-state index in [1.165, 1.54) is 0 Å². The quantitative estimate of drug-likeness (QED) is 0.922. The molecule has 0 unspecified atom stereocenters. The molecular weight excluding hydrogens is 278 g/mol. The monoisotopic (exact) mass is 297 g/mol. The van der Waals surface area contributed by atoms with Crippen LogP contribution in [0.4, 0.5) is 0 Å². The van der Waals surface area contributed by atoms with Crippen LogP contribution in [0.25, 0.3) is 0 Å². The summed E-state index contributed by atoms with van der Waals surface area (Å²) >= 11 is 0. The van der Waals surface area contributed by atoms with E-state index in [0.717, 1.165) is 23.5 Å². The van der Waals surface area contributed by atoms with Crippen molar-refractivity contribution in [2.75, 3.05) is 13.2 Å². The van der Waals surface area contributed by atoms with Crippen molar-refractivity contribution in [3.8, 4) is 11.5 Å². The van der Waals surface area contributed by atoms with Crippen LogP contribution in [-0.4, -0.2) is 19.1 Å². The van der Waals surface area contributed by atoms with Crippen LogP contribution in [0, 0.1) is 0 Å². The normalized spacial score (nSPS) is 16.3. The van der Waals surface area contributed by atoms with Crippen molar-refractivity contribution in [1.82, 2.24) is 5.32 Å². The molecule has 0 aromatic heterocycles. The lowest BCUT2D eigenvalue weighted by molar-refractivity contribution is -0.122. The lowest BCUT2D eigenvalue weighted by Gasteiger charge is -2.26. The fourth-order valence-electron chi connectivity index (χ4n) is 2.54. The first kappa shape index (κ1) is 14.4. The van der Waals surface area contributed by atoms with E-state index < -0.39 is 0 Å². The molecule has 0 saturated carbocycles. The van der Waals surface area contributed by atoms with Crippen LogP contribution in [-0.2, 0) is 4.79 Å². The zero-order valence-corrected chi connectivity index (χ0v) is 12.3. The molecule has 2 aromatic rings. The highest BCUT2D eigenvalue weighted by atomic mass is 16.5. The molecule has 2 aromatic carbocycles. The summed E-state index contributed by atoms with van der Waals surface area (Å²) in [5, 5.41) is 3.06. The van der Waals surface area contributed by atoms with E-state index in [9.17, 15) is 4.79 Å². The van der Waals surface area contributed by atoms with Crippen molar-refractivity contribution in [1.29, 1.82) is 0 Å². The second-order valence-corrected chi connectivity index (χ2v) is 5.21. The molecule has 3 rings (SSSR count). The summed E-state index contributed by atoms with van der Waals surface area (Å²) < 4.78 is 11.1. The Morgan fingerprint density at radius 2 is 1.91 bits per heavy atom. The molecule has 0 aliphatic carbocycles. The van der Waals surface area contributed by atoms with Gasteiger partial charge in [-0.1, -0.05) is 36.4 Å². The van der Waals surface area contributed by atoms with Gasteiger partial charge in [0.25, 0.3) is 0 Å². The third kappa shape index (κ3) is 3.58. The first-order chi connectivity index (χ1) is 10.8. The minimum absolute atomic E-state index is 0.00219. The number of ether oxygens (including phenoxy) is 2. The summed E-state index contributed by atoms with van der Waals surface area (Å²) in [5.41, 5.74) is 1.05. The number of fused-ring (bicyclic) bond motifs is 1. The Morgan fingerprint density at radius 1 is 1.14 bits per heavy atom. The van der Waals surface area contributed by atoms with E-state index >= 15 is 0 Å². The van der Waals surface area contributed by atoms with E-state index in [-0.39, 0.29) is 11.9 Å². The van der Waals surface area contributed by atoms with Gasteiger partial charge < -0.3 is 14.8 Å². The maximum atomic E-state index is 12.1. The lowest BCUT2D eigenvalue weighted by atomic mass is 10.0. The Morgan fingerprint density at radius 3 is 2.77 bits per heavy atom. The molecule has 0 radical (unpaired) electrons. The molecule has 4 nitrogen and oxygen atoms in total. The van der Waals surface area contributed by atoms with Gasteiger partial charge in [0.2, 0.25) is 5.91 Å². The molecular formula is C18H19NO3. The third-order valence-electron chi connectivity index (χ3n) is 3.63. The van der Waals surface area contributed by atoms with Gasteiger partial charge in [-0.2, -0.15) is 0 Å². The number of nitrogens with one attached hydrogen (secondary N) is 1. The summed E-state index contributed by atoms with van der Waals surface area (Å²) in [6, 6.07) is 17.4. The van der Waals surface area contributed by atoms with Gasteiger partial charge in [-0.3, -0.25) is 4.79 Å². The van der Waals surface area contributed by atoms with E-state index in [1.807, 2.05) is 54.6 Å². The minimum Gasteiger partial charge on any atom is -0.493 e. The Hall–Kier alpha value is -2.49. The van der Waals surface area contributed by atoms with Crippen molar-refractivity contribution in [2.45, 2.75) is 18.9 Å². The zero-order valence-electron chi connectivity index (χ0n) is 12.3. The van der Waals surface area contributed by atoms with Crippen LogP contribution < -0.4 is 14.8 Å². The molecule has 0 bridgehead atoms. The van der Waals surface area contributed by atoms with Crippen molar-refractivity contribution in [3.63, 3.8) is 0 Å². The van der Waals surface area contributed by atoms with E-state index in [1.54, 1.807) is 0 Å². The number of para-hydroxylation sites is 2. The Labute approximate surface area is 130 Å². The van der Waals surface area contributed by atoms with Gasteiger partial charge in [-0.05, 0) is 18.2 Å². The summed E-state index contributed by atoms with van der Waals surface area (Å²) in [4.78, 5) is 12.1. The largest absolute Gasteiger partial charge is 0.493 e. The van der Waals surface area contributed by atoms with Crippen molar-refractivity contribution < 1.29 is 14.3 Å². The molecule has 1 heterocycles. The third-order valence-corrected chi connectivity index (χ3v) is 3.63. The molecule has 4 heteroatoms. The van der Waals surface area contributed by atoms with Crippen LogP contribution >= 0.6 is 0 Å². The Bertz CT molecular complexity index is 627. The average molecular weight is 297 g/mol. The second kappa shape index (κ2) is 6.98. The fraction of sp³-hybridized carbons (Fsp3) is 0.278. The van der Waals surface area contributed by atoms with E-state index in [0.29, 0.717) is 19.6 Å². The van der Waals surface area contributed by atoms with Crippen LogP contribution in [0.3, 0.4) is 0 Å². The molecule has 22 heavy (non-hydrogen) atoms. The highest BCUT2D eigenvalue weighted by Gasteiger charge is 2.22. The Kier molecular flexibility index (Phi) is 4.59. The summed E-state index contributed by atoms with van der Waals surface area (Å²) in [6.07, 6.45) is 1.14. The molecule has 1 amide bonds. The van der Waals surface area contributed by atoms with Crippen LogP contribution in [0.1, 0.15) is 24.4 Å². The van der Waals surface area contributed by atoms with Gasteiger partial charge in [-0.25, -0.2) is 0 Å². The zero-order chi connectivity index (χ0) is 15.2. The van der Waals surface area contributed by atoms with Crippen LogP contribution in [0.2, 0.25) is 0 Å². The van der Waals surface area contributed by atoms with Crippen molar-refractivity contribution in [3.05, 3.63) is 60.2 Å². The van der Waals surface area contributed by atoms with Gasteiger partial charge in [0.15, 0.2) is 0 Å². The standard InChI is InChI=1S/C18H19NO3/c20-18(11-13-21-14-6-2-1-3-7-14)19-16-10-12-22-17-9-5-4-8-15(16)17/h1-9,16H,10-13H2,(H,19,20)/t16-/m0/s1. The fourth-order valence-corrected chi connectivity index (χ4v) is 2.54. The predicted octanol–water partition coefficient (Wildman–Crippen LogP) is 3.10. The maximum absolute atomic E-state index is 12.1. The van der Waals surface area contributed by atoms with Gasteiger partial charge in [0, 0.05) is 12.0 Å². The number of hydrogen-bond donors (Lipinski definition) is 1. The molecule has 1 aliphatic heterocycles. The SMILES string of the molecule is O=C(CCOc1ccccc1)N[C@H]1CCOc2ccccc21. The Balaban J connectivity index is 1.50. The number of carbonyl (C=O) groups is 1. The highest BCUT2D eigenvalue weighted by molar-refractivity contribution is 5.76. The second-order valence-electron chi connectivity index (χ2n) is 5.21. The minimum atomic E-state index is -0.00219. The molecule has 0 spiro atoms. The summed E-state index contributed by atoms with van der Waals surface area (Å²) in [7, 11) is 0. The smallest absolute Gasteiger partial charge is 0.223 e. The number of amides is 1. The van der Waals surface area contributed by atoms with E-state index in [4.69, 9.17) is 9.47 Å². The lowest BCUT2D eigenvalue weighted by Crippen LogP contribution is -2.32. The van der Waals surface area contributed by atoms with Crippen molar-refractivity contribution in [2.24, 2.45) is 0 Å². The first-order valence-corrected chi connectivity index (χ1v) is 7.52. The molecule has 1 aliphatic rings. The number of rotatable bonds is 5. The van der Waals surface area contributed by atoms with Gasteiger partial charge >= 0.3 is 0 Å². The average Bonchev–Trinajstić information content (AvgIpc) is 2.56. The number of hydrogen-bond acceptors (Lipinski definition) is 3. The molecule has 114 valence electrons. The summed E-state index contributed by atoms with van der Waals surface area (Å²) in [5.74, 6) is 1.64. The van der Waals surface area contributed by atoms with Crippen molar-refractivity contribution >= 4 is 5.91 Å². The van der Waals surface area contributed by atoms with Gasteiger partial charge in [-0.15, -0.1) is 0 Å². The number of carbonyl (C=O) groups excluding carboxylic acids is 1. The number of benzene rings is 2. The van der Waals surface area contributed by atoms with Crippen LogP contribution in [0.15, 0.2) is 54.6 Å². The molecule has 1 N–H and O–H groups in total. The van der Waals surface area contributed by atoms with Crippen LogP contribution in [0.5, 0.6) is 11.5 Å². The molecule has 0 saturated heterocycles. The first-order valence-electron chi connectivity index (χ1n) is 7.52. The van der Waals surface area contributed by atoms with Gasteiger partial charge in [0.05, 0.1) is 25.7 Å². The predicted molar refractivity (Wildman–Crippen MR) is 84.0 cm³/mol. The van der Waals surface area contributed by atoms with Gasteiger partial charge in [0.1, 0.15) is 11.5 Å². The molecule has 1 atom stereocenters. The maximum Gasteiger partial charge on any atom is 0.223 e. The molecule has 0 fully saturated rings. The topological polar surface area (TPSA) is 47.6 Å².